The van der Waals surface area contributed by atoms with Crippen LogP contribution >= 0.6 is 0 Å². The Morgan fingerprint density at radius 1 is 1.35 bits per heavy atom. The van der Waals surface area contributed by atoms with Gasteiger partial charge in [0.25, 0.3) is 0 Å². The van der Waals surface area contributed by atoms with Crippen molar-refractivity contribution in [3.05, 3.63) is 0 Å². The van der Waals surface area contributed by atoms with Crippen molar-refractivity contribution in [3.63, 3.8) is 0 Å². The summed E-state index contributed by atoms with van der Waals surface area (Å²) in [6.07, 6.45) is -1.32. The number of carbonyl (C=O) groups excluding carboxylic acids is 1. The third kappa shape index (κ3) is 3.57. The van der Waals surface area contributed by atoms with Gasteiger partial charge in [0.1, 0.15) is 5.60 Å². The van der Waals surface area contributed by atoms with Crippen molar-refractivity contribution in [2.45, 2.75) is 46.3 Å². The third-order valence-electron chi connectivity index (χ3n) is 2.40. The monoisotopic (exact) mass is 265 g/mol. The summed E-state index contributed by atoms with van der Waals surface area (Å²) in [7, 11) is -4.02. The summed E-state index contributed by atoms with van der Waals surface area (Å²) in [5.74, 6) is -0.0638. The Morgan fingerprint density at radius 2 is 1.88 bits per heavy atom. The normalized spacial score (nSPS) is 28.9. The van der Waals surface area contributed by atoms with Gasteiger partial charge >= 0.3 is 16.4 Å². The first-order chi connectivity index (χ1) is 7.53. The molecule has 7 heteroatoms. The number of hydrogen-bond acceptors (Lipinski definition) is 5. The fourth-order valence-corrected chi connectivity index (χ4v) is 2.63. The van der Waals surface area contributed by atoms with Crippen LogP contribution in [-0.4, -0.2) is 37.1 Å². The van der Waals surface area contributed by atoms with E-state index in [0.29, 0.717) is 4.31 Å². The maximum absolute atomic E-state index is 11.7. The Morgan fingerprint density at radius 3 is 2.35 bits per heavy atom. The standard InChI is InChI=1S/C10H19NO5S/c1-7-6-11(9(12)15-10(3,4)5)17(13,14)16-8(7)2/h7-8H,6H2,1-5H3/t7-,8-/m0/s1. The van der Waals surface area contributed by atoms with E-state index in [4.69, 9.17) is 8.92 Å². The Balaban J connectivity index is 2.86. The smallest absolute Gasteiger partial charge is 0.425 e. The van der Waals surface area contributed by atoms with Gasteiger partial charge in [-0.25, -0.2) is 4.79 Å². The zero-order chi connectivity index (χ0) is 13.4. The van der Waals surface area contributed by atoms with Crippen LogP contribution in [0.4, 0.5) is 4.79 Å². The largest absolute Gasteiger partial charge is 0.443 e. The molecule has 0 bridgehead atoms. The van der Waals surface area contributed by atoms with E-state index in [2.05, 4.69) is 0 Å². The molecule has 1 aliphatic rings. The third-order valence-corrected chi connectivity index (χ3v) is 3.78. The van der Waals surface area contributed by atoms with Crippen molar-refractivity contribution < 1.29 is 22.1 Å². The molecule has 0 spiro atoms. The molecule has 0 aromatic carbocycles. The van der Waals surface area contributed by atoms with Gasteiger partial charge in [-0.2, -0.15) is 12.7 Å². The molecule has 100 valence electrons. The summed E-state index contributed by atoms with van der Waals surface area (Å²) in [5, 5.41) is 0. The Kier molecular flexibility index (Phi) is 3.73. The number of carbonyl (C=O) groups is 1. The molecule has 1 heterocycles. The van der Waals surface area contributed by atoms with Gasteiger partial charge in [0, 0.05) is 12.5 Å². The fraction of sp³-hybridized carbons (Fsp3) is 0.900. The Hall–Kier alpha value is -0.820. The molecule has 0 aromatic rings. The van der Waals surface area contributed by atoms with Crippen LogP contribution in [0.3, 0.4) is 0 Å². The van der Waals surface area contributed by atoms with Crippen molar-refractivity contribution in [2.75, 3.05) is 6.54 Å². The Labute approximate surface area is 102 Å². The summed E-state index contributed by atoms with van der Waals surface area (Å²) < 4.78 is 33.8. The number of ether oxygens (including phenoxy) is 1. The molecule has 0 aliphatic carbocycles. The average molecular weight is 265 g/mol. The van der Waals surface area contributed by atoms with E-state index in [0.717, 1.165) is 0 Å². The summed E-state index contributed by atoms with van der Waals surface area (Å²) in [5.41, 5.74) is -0.737. The van der Waals surface area contributed by atoms with Crippen LogP contribution in [0.2, 0.25) is 0 Å². The molecule has 2 atom stereocenters. The SMILES string of the molecule is C[C@@H]1OS(=O)(=O)N(C(=O)OC(C)(C)C)C[C@@H]1C. The van der Waals surface area contributed by atoms with Crippen molar-refractivity contribution >= 4 is 16.4 Å². The minimum absolute atomic E-state index is 0.0638. The van der Waals surface area contributed by atoms with Crippen LogP contribution < -0.4 is 0 Å². The molecule has 0 aromatic heterocycles. The zero-order valence-corrected chi connectivity index (χ0v) is 11.6. The summed E-state index contributed by atoms with van der Waals surface area (Å²) in [6, 6.07) is 0. The highest BCUT2D eigenvalue weighted by Crippen LogP contribution is 2.24. The van der Waals surface area contributed by atoms with Gasteiger partial charge in [0.2, 0.25) is 0 Å². The lowest BCUT2D eigenvalue weighted by Crippen LogP contribution is -2.50. The maximum atomic E-state index is 11.7. The van der Waals surface area contributed by atoms with Crippen LogP contribution in [0.5, 0.6) is 0 Å². The van der Waals surface area contributed by atoms with Crippen molar-refractivity contribution in [2.24, 2.45) is 5.92 Å². The molecule has 1 saturated heterocycles. The maximum Gasteiger partial charge on any atom is 0.425 e. The van der Waals surface area contributed by atoms with Gasteiger partial charge in [-0.3, -0.25) is 4.18 Å². The second-order valence-electron chi connectivity index (χ2n) is 5.25. The molecule has 0 N–H and O–H groups in total. The average Bonchev–Trinajstić information content (AvgIpc) is 2.07. The predicted octanol–water partition coefficient (Wildman–Crippen LogP) is 1.52. The van der Waals surface area contributed by atoms with E-state index in [1.165, 1.54) is 0 Å². The zero-order valence-electron chi connectivity index (χ0n) is 10.8. The van der Waals surface area contributed by atoms with Gasteiger partial charge < -0.3 is 4.74 Å². The molecule has 0 unspecified atom stereocenters. The number of amides is 1. The van der Waals surface area contributed by atoms with Crippen LogP contribution in [0, 0.1) is 5.92 Å². The second kappa shape index (κ2) is 4.45. The number of hydrogen-bond donors (Lipinski definition) is 0. The molecule has 17 heavy (non-hydrogen) atoms. The van der Waals surface area contributed by atoms with Crippen LogP contribution in [0.15, 0.2) is 0 Å². The van der Waals surface area contributed by atoms with E-state index < -0.39 is 28.1 Å². The summed E-state index contributed by atoms with van der Waals surface area (Å²) in [4.78, 5) is 11.7. The topological polar surface area (TPSA) is 72.9 Å². The first-order valence-corrected chi connectivity index (χ1v) is 6.83. The second-order valence-corrected chi connectivity index (χ2v) is 6.74. The lowest BCUT2D eigenvalue weighted by Gasteiger charge is -2.34. The van der Waals surface area contributed by atoms with Gasteiger partial charge in [-0.05, 0) is 27.7 Å². The van der Waals surface area contributed by atoms with E-state index in [9.17, 15) is 13.2 Å². The van der Waals surface area contributed by atoms with Crippen molar-refractivity contribution in [1.82, 2.24) is 4.31 Å². The van der Waals surface area contributed by atoms with E-state index in [1.807, 2.05) is 6.92 Å². The van der Waals surface area contributed by atoms with E-state index in [1.54, 1.807) is 27.7 Å². The van der Waals surface area contributed by atoms with Crippen LogP contribution in [-0.2, 0) is 19.2 Å². The lowest BCUT2D eigenvalue weighted by molar-refractivity contribution is 0.0228. The fourth-order valence-electron chi connectivity index (χ4n) is 1.32. The van der Waals surface area contributed by atoms with Gasteiger partial charge in [0.05, 0.1) is 6.10 Å². The van der Waals surface area contributed by atoms with E-state index >= 15 is 0 Å². The lowest BCUT2D eigenvalue weighted by atomic mass is 10.1. The number of rotatable bonds is 0. The van der Waals surface area contributed by atoms with Gasteiger partial charge in [0.15, 0.2) is 0 Å². The van der Waals surface area contributed by atoms with Gasteiger partial charge in [-0.1, -0.05) is 6.92 Å². The first-order valence-electron chi connectivity index (χ1n) is 5.47. The minimum atomic E-state index is -4.02. The molecule has 1 rings (SSSR count). The summed E-state index contributed by atoms with van der Waals surface area (Å²) in [6.45, 7) is 8.58. The van der Waals surface area contributed by atoms with Crippen molar-refractivity contribution in [3.8, 4) is 0 Å². The first kappa shape index (κ1) is 14.2. The van der Waals surface area contributed by atoms with Crippen molar-refractivity contribution in [1.29, 1.82) is 0 Å². The molecular formula is C10H19NO5S. The quantitative estimate of drug-likeness (QED) is 0.664. The van der Waals surface area contributed by atoms with Crippen LogP contribution in [0.25, 0.3) is 0 Å². The Bertz CT molecular complexity index is 397. The molecule has 6 nitrogen and oxygen atoms in total. The predicted molar refractivity (Wildman–Crippen MR) is 61.6 cm³/mol. The molecule has 1 aliphatic heterocycles. The summed E-state index contributed by atoms with van der Waals surface area (Å²) >= 11 is 0. The highest BCUT2D eigenvalue weighted by Gasteiger charge is 2.40. The van der Waals surface area contributed by atoms with Gasteiger partial charge in [-0.15, -0.1) is 0 Å². The van der Waals surface area contributed by atoms with E-state index in [-0.39, 0.29) is 12.5 Å². The molecule has 1 amide bonds. The highest BCUT2D eigenvalue weighted by atomic mass is 32.2. The van der Waals surface area contributed by atoms with Crippen LogP contribution in [0.1, 0.15) is 34.6 Å². The highest BCUT2D eigenvalue weighted by molar-refractivity contribution is 7.84. The minimum Gasteiger partial charge on any atom is -0.443 e. The molecule has 0 saturated carbocycles. The molecular weight excluding hydrogens is 246 g/mol. The molecule has 0 radical (unpaired) electrons. The number of nitrogens with zero attached hydrogens (tertiary/aromatic N) is 1. The molecule has 1 fully saturated rings.